The average Bonchev–Trinajstić information content (AvgIpc) is 1.64. The Morgan fingerprint density at radius 3 is 1.62 bits per heavy atom. The van der Waals surface area contributed by atoms with Gasteiger partial charge in [-0.25, -0.2) is 0 Å². The Kier molecular flexibility index (Phi) is 3.02. The van der Waals surface area contributed by atoms with Crippen molar-refractivity contribution < 1.29 is 5.11 Å². The summed E-state index contributed by atoms with van der Waals surface area (Å²) in [6.07, 6.45) is -0.380. The molecule has 3 N–H and O–H groups in total. The van der Waals surface area contributed by atoms with Gasteiger partial charge >= 0.3 is 0 Å². The summed E-state index contributed by atoms with van der Waals surface area (Å²) >= 11 is 0. The summed E-state index contributed by atoms with van der Waals surface area (Å²) in [6, 6.07) is -0.0741. The fraction of sp³-hybridized carbons (Fsp3) is 1.00. The van der Waals surface area contributed by atoms with E-state index in [1.165, 1.54) is 0 Å². The van der Waals surface area contributed by atoms with Crippen LogP contribution in [0.15, 0.2) is 0 Å². The van der Waals surface area contributed by atoms with Crippen LogP contribution in [0.4, 0.5) is 0 Å². The molecule has 0 aliphatic carbocycles. The number of hydrogen-bond acceptors (Lipinski definition) is 2. The second kappa shape index (κ2) is 3.05. The second-order valence-corrected chi connectivity index (χ2v) is 2.56. The van der Waals surface area contributed by atoms with Gasteiger partial charge in [-0.3, -0.25) is 0 Å². The van der Waals surface area contributed by atoms with Crippen molar-refractivity contribution in [3.8, 4) is 0 Å². The van der Waals surface area contributed by atoms with Gasteiger partial charge in [0.15, 0.2) is 0 Å². The van der Waals surface area contributed by atoms with Crippen molar-refractivity contribution in [3.05, 3.63) is 0 Å². The molecule has 2 heteroatoms. The first-order valence-corrected chi connectivity index (χ1v) is 2.99. The quantitative estimate of drug-likeness (QED) is 0.548. The number of hydrogen-bond donors (Lipinski definition) is 2. The summed E-state index contributed by atoms with van der Waals surface area (Å²) in [5.41, 5.74) is 5.51. The lowest BCUT2D eigenvalue weighted by Gasteiger charge is -2.17. The Hall–Kier alpha value is -0.0800. The van der Waals surface area contributed by atoms with Gasteiger partial charge in [-0.2, -0.15) is 0 Å². The third-order valence-corrected chi connectivity index (χ3v) is 1.33. The van der Waals surface area contributed by atoms with Crippen molar-refractivity contribution in [2.24, 2.45) is 11.7 Å². The predicted molar refractivity (Wildman–Crippen MR) is 34.5 cm³/mol. The normalized spacial score (nSPS) is 18.8. The molecule has 8 heavy (non-hydrogen) atoms. The fourth-order valence-corrected chi connectivity index (χ4v) is 0.557. The van der Waals surface area contributed by atoms with E-state index in [0.717, 1.165) is 0 Å². The summed E-state index contributed by atoms with van der Waals surface area (Å²) in [5, 5.41) is 8.87. The summed E-state index contributed by atoms with van der Waals surface area (Å²) in [6.45, 7) is 5.71. The Morgan fingerprint density at radius 2 is 1.62 bits per heavy atom. The van der Waals surface area contributed by atoms with Crippen LogP contribution in [0.25, 0.3) is 0 Å². The molecule has 0 aliphatic heterocycles. The van der Waals surface area contributed by atoms with Gasteiger partial charge in [0.25, 0.3) is 0 Å². The van der Waals surface area contributed by atoms with Crippen molar-refractivity contribution in [3.63, 3.8) is 0 Å². The molecule has 0 saturated heterocycles. The zero-order valence-electron chi connectivity index (χ0n) is 5.76. The van der Waals surface area contributed by atoms with E-state index in [1.807, 2.05) is 13.8 Å². The molecule has 0 fully saturated rings. The van der Waals surface area contributed by atoms with Crippen molar-refractivity contribution in [2.45, 2.75) is 32.9 Å². The molecule has 0 amide bonds. The maximum absolute atomic E-state index is 8.87. The van der Waals surface area contributed by atoms with Gasteiger partial charge in [-0.05, 0) is 12.8 Å². The Labute approximate surface area is 50.7 Å². The molecular weight excluding hydrogens is 102 g/mol. The first-order chi connectivity index (χ1) is 3.55. The first-order valence-electron chi connectivity index (χ1n) is 2.99. The minimum Gasteiger partial charge on any atom is -0.392 e. The van der Waals surface area contributed by atoms with E-state index in [0.29, 0.717) is 5.92 Å². The standard InChI is InChI=1S/C6H15NO/c1-4(2)6(7)5(3)8/h4-6,8H,7H2,1-3H3/t5-,6-/m0/s1. The van der Waals surface area contributed by atoms with Crippen molar-refractivity contribution >= 4 is 0 Å². The van der Waals surface area contributed by atoms with E-state index >= 15 is 0 Å². The van der Waals surface area contributed by atoms with Crippen molar-refractivity contribution in [1.29, 1.82) is 0 Å². The van der Waals surface area contributed by atoms with Crippen LogP contribution in [0, 0.1) is 5.92 Å². The molecule has 0 spiro atoms. The van der Waals surface area contributed by atoms with E-state index < -0.39 is 0 Å². The molecule has 0 aromatic rings. The second-order valence-electron chi connectivity index (χ2n) is 2.56. The minimum atomic E-state index is -0.380. The van der Waals surface area contributed by atoms with Crippen LogP contribution >= 0.6 is 0 Å². The summed E-state index contributed by atoms with van der Waals surface area (Å²) < 4.78 is 0. The molecule has 2 atom stereocenters. The summed E-state index contributed by atoms with van der Waals surface area (Å²) in [5.74, 6) is 0.370. The lowest BCUT2D eigenvalue weighted by molar-refractivity contribution is 0.142. The zero-order chi connectivity index (χ0) is 6.73. The first kappa shape index (κ1) is 7.92. The van der Waals surface area contributed by atoms with E-state index in [2.05, 4.69) is 0 Å². The molecule has 0 aliphatic rings. The van der Waals surface area contributed by atoms with E-state index in [9.17, 15) is 0 Å². The number of nitrogens with two attached hydrogens (primary N) is 1. The average molecular weight is 117 g/mol. The number of aliphatic hydroxyl groups excluding tert-OH is 1. The van der Waals surface area contributed by atoms with Crippen LogP contribution in [0.1, 0.15) is 20.8 Å². The molecule has 0 bridgehead atoms. The molecular formula is C6H15NO. The Balaban J connectivity index is 3.46. The Morgan fingerprint density at radius 1 is 1.25 bits per heavy atom. The van der Waals surface area contributed by atoms with Gasteiger partial charge in [0.2, 0.25) is 0 Å². The van der Waals surface area contributed by atoms with Gasteiger partial charge in [0.1, 0.15) is 0 Å². The molecule has 0 radical (unpaired) electrons. The summed E-state index contributed by atoms with van der Waals surface area (Å²) in [4.78, 5) is 0. The van der Waals surface area contributed by atoms with E-state index in [-0.39, 0.29) is 12.1 Å². The maximum atomic E-state index is 8.87. The minimum absolute atomic E-state index is 0.0741. The molecule has 0 rings (SSSR count). The number of rotatable bonds is 2. The summed E-state index contributed by atoms with van der Waals surface area (Å²) in [7, 11) is 0. The van der Waals surface area contributed by atoms with E-state index in [1.54, 1.807) is 6.92 Å². The Bertz CT molecular complexity index is 53.5. The van der Waals surface area contributed by atoms with Crippen LogP contribution in [-0.2, 0) is 0 Å². The monoisotopic (exact) mass is 117 g/mol. The predicted octanol–water partition coefficient (Wildman–Crippen LogP) is 0.350. The van der Waals surface area contributed by atoms with Gasteiger partial charge in [0, 0.05) is 6.04 Å². The third kappa shape index (κ3) is 2.28. The van der Waals surface area contributed by atoms with Crippen LogP contribution < -0.4 is 5.73 Å². The lowest BCUT2D eigenvalue weighted by Crippen LogP contribution is -2.36. The van der Waals surface area contributed by atoms with E-state index in [4.69, 9.17) is 10.8 Å². The van der Waals surface area contributed by atoms with Gasteiger partial charge in [-0.15, -0.1) is 0 Å². The van der Waals surface area contributed by atoms with Gasteiger partial charge < -0.3 is 10.8 Å². The highest BCUT2D eigenvalue weighted by atomic mass is 16.3. The lowest BCUT2D eigenvalue weighted by atomic mass is 10.0. The molecule has 0 heterocycles. The highest BCUT2D eigenvalue weighted by Crippen LogP contribution is 2.01. The topological polar surface area (TPSA) is 46.2 Å². The van der Waals surface area contributed by atoms with Crippen LogP contribution in [0.2, 0.25) is 0 Å². The van der Waals surface area contributed by atoms with Crippen molar-refractivity contribution in [1.82, 2.24) is 0 Å². The SMILES string of the molecule is CC(C)[C@H](N)[C@H](C)O. The zero-order valence-corrected chi connectivity index (χ0v) is 5.76. The largest absolute Gasteiger partial charge is 0.392 e. The fourth-order valence-electron chi connectivity index (χ4n) is 0.557. The number of aliphatic hydroxyl groups is 1. The highest BCUT2D eigenvalue weighted by Gasteiger charge is 2.11. The molecule has 0 saturated carbocycles. The van der Waals surface area contributed by atoms with Crippen LogP contribution in [0.3, 0.4) is 0 Å². The van der Waals surface area contributed by atoms with Gasteiger partial charge in [0.05, 0.1) is 6.10 Å². The molecule has 0 aromatic heterocycles. The third-order valence-electron chi connectivity index (χ3n) is 1.33. The van der Waals surface area contributed by atoms with Crippen LogP contribution in [-0.4, -0.2) is 17.3 Å². The molecule has 0 aromatic carbocycles. The molecule has 2 nitrogen and oxygen atoms in total. The highest BCUT2D eigenvalue weighted by molar-refractivity contribution is 4.69. The van der Waals surface area contributed by atoms with Crippen molar-refractivity contribution in [2.75, 3.05) is 0 Å². The molecule has 0 unspecified atom stereocenters. The smallest absolute Gasteiger partial charge is 0.0665 e. The van der Waals surface area contributed by atoms with Gasteiger partial charge in [-0.1, -0.05) is 13.8 Å². The maximum Gasteiger partial charge on any atom is 0.0665 e. The van der Waals surface area contributed by atoms with Crippen LogP contribution in [0.5, 0.6) is 0 Å². The molecule has 50 valence electrons.